The van der Waals surface area contributed by atoms with Crippen LogP contribution in [0.5, 0.6) is 5.75 Å². The normalized spacial score (nSPS) is 10.4. The predicted octanol–water partition coefficient (Wildman–Crippen LogP) is 3.82. The van der Waals surface area contributed by atoms with E-state index in [1.165, 1.54) is 17.3 Å². The number of aryl methyl sites for hydroxylation is 2. The highest BCUT2D eigenvalue weighted by Gasteiger charge is 2.09. The molecular formula is C22H24N4O2. The predicted molar refractivity (Wildman–Crippen MR) is 110 cm³/mol. The highest BCUT2D eigenvalue weighted by Crippen LogP contribution is 2.18. The zero-order valence-corrected chi connectivity index (χ0v) is 16.3. The van der Waals surface area contributed by atoms with Crippen molar-refractivity contribution in [3.63, 3.8) is 0 Å². The Kier molecular flexibility index (Phi) is 6.22. The van der Waals surface area contributed by atoms with Crippen LogP contribution in [0.2, 0.25) is 0 Å². The fourth-order valence-corrected chi connectivity index (χ4v) is 2.79. The first-order valence-electron chi connectivity index (χ1n) is 9.13. The van der Waals surface area contributed by atoms with Crippen molar-refractivity contribution in [3.8, 4) is 5.75 Å². The van der Waals surface area contributed by atoms with E-state index in [2.05, 4.69) is 46.6 Å². The molecule has 2 aromatic carbocycles. The lowest BCUT2D eigenvalue weighted by atomic mass is 10.1. The molecule has 3 rings (SSSR count). The molecule has 0 bridgehead atoms. The number of hydrogen-bond acceptors (Lipinski definition) is 5. The van der Waals surface area contributed by atoms with Crippen LogP contribution in [0.15, 0.2) is 54.9 Å². The van der Waals surface area contributed by atoms with E-state index in [0.29, 0.717) is 18.8 Å². The summed E-state index contributed by atoms with van der Waals surface area (Å²) in [6, 6.07) is 13.9. The third-order valence-corrected chi connectivity index (χ3v) is 4.54. The minimum atomic E-state index is -0.250. The SMILES string of the molecule is COc1ccccc1CCNC(=O)c1cnc(Nc2ccc(C)c(C)c2)cn1. The number of nitrogens with one attached hydrogen (secondary N) is 2. The highest BCUT2D eigenvalue weighted by molar-refractivity contribution is 5.92. The number of hydrogen-bond donors (Lipinski definition) is 2. The average molecular weight is 376 g/mol. The topological polar surface area (TPSA) is 76.1 Å². The summed E-state index contributed by atoms with van der Waals surface area (Å²) in [5, 5.41) is 6.06. The molecule has 0 fully saturated rings. The Labute approximate surface area is 165 Å². The van der Waals surface area contributed by atoms with Crippen LogP contribution in [-0.2, 0) is 6.42 Å². The van der Waals surface area contributed by atoms with Gasteiger partial charge in [-0.15, -0.1) is 0 Å². The van der Waals surface area contributed by atoms with Gasteiger partial charge in [0, 0.05) is 12.2 Å². The molecule has 1 amide bonds. The van der Waals surface area contributed by atoms with E-state index in [-0.39, 0.29) is 11.6 Å². The molecule has 0 atom stereocenters. The van der Waals surface area contributed by atoms with Gasteiger partial charge in [0.2, 0.25) is 0 Å². The molecule has 2 N–H and O–H groups in total. The number of carbonyl (C=O) groups is 1. The van der Waals surface area contributed by atoms with Gasteiger partial charge in [-0.1, -0.05) is 24.3 Å². The molecule has 28 heavy (non-hydrogen) atoms. The van der Waals surface area contributed by atoms with E-state index < -0.39 is 0 Å². The molecule has 1 aromatic heterocycles. The Morgan fingerprint density at radius 2 is 1.86 bits per heavy atom. The molecule has 0 saturated carbocycles. The fraction of sp³-hybridized carbons (Fsp3) is 0.227. The largest absolute Gasteiger partial charge is 0.496 e. The summed E-state index contributed by atoms with van der Waals surface area (Å²) in [5.74, 6) is 1.16. The number of amides is 1. The minimum absolute atomic E-state index is 0.250. The molecule has 0 saturated heterocycles. The number of nitrogens with zero attached hydrogens (tertiary/aromatic N) is 2. The van der Waals surface area contributed by atoms with Gasteiger partial charge in [0.05, 0.1) is 19.5 Å². The molecular weight excluding hydrogens is 352 g/mol. The summed E-state index contributed by atoms with van der Waals surface area (Å²) < 4.78 is 5.32. The molecule has 0 aliphatic rings. The maximum absolute atomic E-state index is 12.3. The Balaban J connectivity index is 1.55. The zero-order chi connectivity index (χ0) is 19.9. The van der Waals surface area contributed by atoms with Crippen molar-refractivity contribution in [3.05, 3.63) is 77.2 Å². The first-order chi connectivity index (χ1) is 13.6. The molecule has 6 nitrogen and oxygen atoms in total. The van der Waals surface area contributed by atoms with Gasteiger partial charge in [-0.3, -0.25) is 4.79 Å². The second-order valence-corrected chi connectivity index (χ2v) is 6.53. The summed E-state index contributed by atoms with van der Waals surface area (Å²) in [6.07, 6.45) is 3.71. The summed E-state index contributed by atoms with van der Waals surface area (Å²) >= 11 is 0. The van der Waals surface area contributed by atoms with Gasteiger partial charge in [-0.25, -0.2) is 9.97 Å². The van der Waals surface area contributed by atoms with Gasteiger partial charge in [0.25, 0.3) is 5.91 Å². The van der Waals surface area contributed by atoms with Crippen molar-refractivity contribution in [2.75, 3.05) is 19.0 Å². The van der Waals surface area contributed by atoms with Crippen molar-refractivity contribution in [2.24, 2.45) is 0 Å². The second-order valence-electron chi connectivity index (χ2n) is 6.53. The van der Waals surface area contributed by atoms with Gasteiger partial charge in [-0.2, -0.15) is 0 Å². The van der Waals surface area contributed by atoms with Crippen molar-refractivity contribution in [2.45, 2.75) is 20.3 Å². The maximum Gasteiger partial charge on any atom is 0.271 e. The lowest BCUT2D eigenvalue weighted by Gasteiger charge is -2.10. The van der Waals surface area contributed by atoms with Crippen molar-refractivity contribution in [1.29, 1.82) is 0 Å². The molecule has 1 heterocycles. The molecule has 0 unspecified atom stereocenters. The number of aromatic nitrogens is 2. The van der Waals surface area contributed by atoms with Crippen LogP contribution in [0.1, 0.15) is 27.2 Å². The van der Waals surface area contributed by atoms with Gasteiger partial charge >= 0.3 is 0 Å². The molecule has 144 valence electrons. The lowest BCUT2D eigenvalue weighted by molar-refractivity contribution is 0.0948. The molecule has 0 aliphatic heterocycles. The van der Waals surface area contributed by atoms with Crippen LogP contribution in [-0.4, -0.2) is 29.5 Å². The van der Waals surface area contributed by atoms with Crippen molar-refractivity contribution in [1.82, 2.24) is 15.3 Å². The minimum Gasteiger partial charge on any atom is -0.496 e. The van der Waals surface area contributed by atoms with Gasteiger partial charge in [0.1, 0.15) is 17.3 Å². The van der Waals surface area contributed by atoms with Gasteiger partial charge in [-0.05, 0) is 55.2 Å². The first-order valence-corrected chi connectivity index (χ1v) is 9.13. The summed E-state index contributed by atoms with van der Waals surface area (Å²) in [7, 11) is 1.64. The van der Waals surface area contributed by atoms with Crippen LogP contribution in [0, 0.1) is 13.8 Å². The smallest absolute Gasteiger partial charge is 0.271 e. The molecule has 0 spiro atoms. The van der Waals surface area contributed by atoms with E-state index in [1.54, 1.807) is 13.3 Å². The number of methoxy groups -OCH3 is 1. The Morgan fingerprint density at radius 1 is 1.04 bits per heavy atom. The van der Waals surface area contributed by atoms with Crippen LogP contribution < -0.4 is 15.4 Å². The fourth-order valence-electron chi connectivity index (χ4n) is 2.79. The first kappa shape index (κ1) is 19.4. The second kappa shape index (κ2) is 8.99. The molecule has 3 aromatic rings. The maximum atomic E-state index is 12.3. The van der Waals surface area contributed by atoms with Crippen molar-refractivity contribution >= 4 is 17.4 Å². The standard InChI is InChI=1S/C22H24N4O2/c1-15-8-9-18(12-16(15)2)26-21-14-24-19(13-25-21)22(27)23-11-10-17-6-4-5-7-20(17)28-3/h4-9,12-14H,10-11H2,1-3H3,(H,23,27)(H,25,26). The monoisotopic (exact) mass is 376 g/mol. The van der Waals surface area contributed by atoms with E-state index in [0.717, 1.165) is 17.0 Å². The van der Waals surface area contributed by atoms with Gasteiger partial charge in [0.15, 0.2) is 0 Å². The van der Waals surface area contributed by atoms with E-state index in [4.69, 9.17) is 4.74 Å². The van der Waals surface area contributed by atoms with Crippen LogP contribution in [0.4, 0.5) is 11.5 Å². The van der Waals surface area contributed by atoms with E-state index >= 15 is 0 Å². The third-order valence-electron chi connectivity index (χ3n) is 4.54. The Bertz CT molecular complexity index is 955. The number of anilines is 2. The average Bonchev–Trinajstić information content (AvgIpc) is 2.71. The molecule has 0 aliphatic carbocycles. The number of rotatable bonds is 7. The number of para-hydroxylation sites is 1. The van der Waals surface area contributed by atoms with Crippen molar-refractivity contribution < 1.29 is 9.53 Å². The van der Waals surface area contributed by atoms with Crippen LogP contribution in [0.3, 0.4) is 0 Å². The van der Waals surface area contributed by atoms with Gasteiger partial charge < -0.3 is 15.4 Å². The Morgan fingerprint density at radius 3 is 2.57 bits per heavy atom. The Hall–Kier alpha value is -3.41. The number of ether oxygens (including phenoxy) is 1. The quantitative estimate of drug-likeness (QED) is 0.656. The molecule has 6 heteroatoms. The molecule has 0 radical (unpaired) electrons. The van der Waals surface area contributed by atoms with Crippen LogP contribution in [0.25, 0.3) is 0 Å². The summed E-state index contributed by atoms with van der Waals surface area (Å²) in [6.45, 7) is 4.62. The van der Waals surface area contributed by atoms with Crippen LogP contribution >= 0.6 is 0 Å². The zero-order valence-electron chi connectivity index (χ0n) is 16.3. The van der Waals surface area contributed by atoms with E-state index in [1.807, 2.05) is 30.3 Å². The number of benzene rings is 2. The highest BCUT2D eigenvalue weighted by atomic mass is 16.5. The summed E-state index contributed by atoms with van der Waals surface area (Å²) in [5.41, 5.74) is 4.70. The van der Waals surface area contributed by atoms with E-state index in [9.17, 15) is 4.79 Å². The number of carbonyl (C=O) groups excluding carboxylic acids is 1. The third kappa shape index (κ3) is 4.85. The lowest BCUT2D eigenvalue weighted by Crippen LogP contribution is -2.26. The summed E-state index contributed by atoms with van der Waals surface area (Å²) in [4.78, 5) is 20.8.